The number of likely N-dealkylation sites (N-methyl/N-ethyl adjacent to an activating group) is 1. The maximum atomic E-state index is 14.4. The summed E-state index contributed by atoms with van der Waals surface area (Å²) in [6.45, 7) is 16.6. The van der Waals surface area contributed by atoms with Crippen molar-refractivity contribution >= 4 is 58.7 Å². The number of amides is 3. The minimum atomic E-state index is -1.85. The lowest BCUT2D eigenvalue weighted by Crippen LogP contribution is -2.63. The van der Waals surface area contributed by atoms with E-state index in [2.05, 4.69) is 19.2 Å². The van der Waals surface area contributed by atoms with E-state index in [0.29, 0.717) is 83.6 Å². The number of epoxide rings is 1. The molecule has 0 aliphatic carbocycles. The van der Waals surface area contributed by atoms with E-state index >= 15 is 0 Å². The number of esters is 1. The molecule has 0 saturated carbocycles. The number of hydrogen-bond donors (Lipinski definition) is 2. The molecule has 20 heteroatoms. The van der Waals surface area contributed by atoms with Crippen LogP contribution in [0, 0.1) is 5.92 Å². The fraction of sp³-hybridized carbons (Fsp3) is 0.712. The van der Waals surface area contributed by atoms with E-state index in [-0.39, 0.29) is 40.7 Å². The molecular formula is C52H80ClN3O15S. The van der Waals surface area contributed by atoms with Gasteiger partial charge >= 0.3 is 12.1 Å². The molecule has 4 rings (SSSR count). The van der Waals surface area contributed by atoms with Crippen molar-refractivity contribution in [1.82, 2.24) is 10.2 Å². The smallest absolute Gasteiger partial charge is 0.409 e. The van der Waals surface area contributed by atoms with Crippen LogP contribution in [0.4, 0.5) is 10.5 Å². The van der Waals surface area contributed by atoms with Crippen molar-refractivity contribution in [3.63, 3.8) is 0 Å². The molecule has 0 aromatic heterocycles. The van der Waals surface area contributed by atoms with Gasteiger partial charge in [0.15, 0.2) is 5.72 Å². The lowest BCUT2D eigenvalue weighted by atomic mass is 9.83. The number of nitrogens with one attached hydrogen (secondary N) is 1. The number of fused-ring (bicyclic) bond motifs is 5. The number of aliphatic hydroxyl groups is 1. The van der Waals surface area contributed by atoms with E-state index in [4.69, 9.17) is 54.2 Å². The number of ketones is 1. The number of carbonyl (C=O) groups is 5. The highest BCUT2D eigenvalue weighted by molar-refractivity contribution is 8.00. The van der Waals surface area contributed by atoms with Crippen molar-refractivity contribution < 1.29 is 71.7 Å². The lowest BCUT2D eigenvalue weighted by molar-refractivity contribution is -0.162. The Morgan fingerprint density at radius 2 is 1.65 bits per heavy atom. The van der Waals surface area contributed by atoms with Crippen LogP contribution < -0.4 is 15.0 Å². The molecule has 4 bridgehead atoms. The Balaban J connectivity index is 1.34. The van der Waals surface area contributed by atoms with Gasteiger partial charge in [-0.15, -0.1) is 0 Å². The summed E-state index contributed by atoms with van der Waals surface area (Å²) in [5, 5.41) is 14.6. The minimum absolute atomic E-state index is 0.0645. The normalized spacial score (nSPS) is 25.2. The van der Waals surface area contributed by atoms with Crippen LogP contribution in [0.25, 0.3) is 0 Å². The van der Waals surface area contributed by atoms with Crippen LogP contribution >= 0.6 is 23.4 Å². The number of benzene rings is 1. The van der Waals surface area contributed by atoms with E-state index in [1.54, 1.807) is 70.9 Å². The van der Waals surface area contributed by atoms with Crippen molar-refractivity contribution in [2.45, 2.75) is 146 Å². The van der Waals surface area contributed by atoms with Gasteiger partial charge in [-0.3, -0.25) is 19.7 Å². The number of unbranched alkanes of at least 4 members (excludes halogenated alkanes) is 1. The largest absolute Gasteiger partial charge is 0.495 e. The first-order chi connectivity index (χ1) is 34.0. The Morgan fingerprint density at radius 1 is 1.01 bits per heavy atom. The molecule has 406 valence electrons. The Labute approximate surface area is 435 Å². The van der Waals surface area contributed by atoms with Gasteiger partial charge in [0.2, 0.25) is 11.8 Å². The Morgan fingerprint density at radius 3 is 2.28 bits per heavy atom. The fourth-order valence-corrected chi connectivity index (χ4v) is 9.97. The molecule has 1 aromatic rings. The van der Waals surface area contributed by atoms with Gasteiger partial charge in [0, 0.05) is 57.7 Å². The van der Waals surface area contributed by atoms with Gasteiger partial charge in [0.25, 0.3) is 0 Å². The van der Waals surface area contributed by atoms with Gasteiger partial charge in [0.1, 0.15) is 46.5 Å². The predicted molar refractivity (Wildman–Crippen MR) is 275 cm³/mol. The molecule has 18 nitrogen and oxygen atoms in total. The zero-order valence-corrected chi connectivity index (χ0v) is 45.8. The highest BCUT2D eigenvalue weighted by Crippen LogP contribution is 2.49. The number of allylic oxidation sites excluding steroid dienone is 3. The van der Waals surface area contributed by atoms with Crippen LogP contribution in [0.3, 0.4) is 0 Å². The molecule has 2 fully saturated rings. The van der Waals surface area contributed by atoms with Gasteiger partial charge in [-0.2, -0.15) is 11.8 Å². The molecular weight excluding hydrogens is 974 g/mol. The molecule has 1 aromatic carbocycles. The Kier molecular flexibility index (Phi) is 24.3. The zero-order valence-electron chi connectivity index (χ0n) is 44.2. The average molecular weight is 1050 g/mol. The summed E-state index contributed by atoms with van der Waals surface area (Å²) in [7, 11) is 6.07. The van der Waals surface area contributed by atoms with Gasteiger partial charge in [0.05, 0.1) is 71.6 Å². The Hall–Kier alpha value is -3.79. The molecule has 0 unspecified atom stereocenters. The summed E-state index contributed by atoms with van der Waals surface area (Å²) in [6, 6.07) is 2.58. The van der Waals surface area contributed by atoms with E-state index < -0.39 is 65.7 Å². The molecule has 3 aliphatic heterocycles. The maximum Gasteiger partial charge on any atom is 0.409 e. The number of anilines is 1. The van der Waals surface area contributed by atoms with Crippen LogP contribution in [-0.4, -0.2) is 173 Å². The topological polar surface area (TPSA) is 210 Å². The molecule has 3 amide bonds. The SMILES string of the molecule is COc1cc2cc(c1Cl)N(C)C(=O)C[C@H](OC(=O)[C@H](C)N(C)C(=O)CCC(C)(C)SCCCCOCCOCCOCCOCCC(C)=O)[C@]1(C)O[C@H]1[C@H](C)[C@@H]1C[C@@](O)(NC(=O)O1)[C@H](OC)C=CC=C(C)C2. The number of carbonyl (C=O) groups excluding carboxylic acids is 5. The minimum Gasteiger partial charge on any atom is -0.495 e. The number of thioether (sulfide) groups is 1. The second-order valence-electron chi connectivity index (χ2n) is 19.6. The molecule has 3 aliphatic rings. The van der Waals surface area contributed by atoms with E-state index in [9.17, 15) is 29.1 Å². The van der Waals surface area contributed by atoms with E-state index in [1.807, 2.05) is 13.0 Å². The number of alkyl carbamates (subject to hydrolysis) is 1. The number of ether oxygens (including phenoxy) is 9. The first-order valence-electron chi connectivity index (χ1n) is 24.8. The van der Waals surface area contributed by atoms with Gasteiger partial charge < -0.3 is 57.5 Å². The number of hydrogen-bond acceptors (Lipinski definition) is 16. The van der Waals surface area contributed by atoms with Crippen LogP contribution in [-0.2, 0) is 63.5 Å². The van der Waals surface area contributed by atoms with E-state index in [0.717, 1.165) is 29.7 Å². The second-order valence-corrected chi connectivity index (χ2v) is 21.8. The van der Waals surface area contributed by atoms with Crippen LogP contribution in [0.1, 0.15) is 99.0 Å². The number of methoxy groups -OCH3 is 2. The third kappa shape index (κ3) is 18.2. The summed E-state index contributed by atoms with van der Waals surface area (Å²) >= 11 is 8.61. The lowest BCUT2D eigenvalue weighted by Gasteiger charge is -2.42. The van der Waals surface area contributed by atoms with Crippen molar-refractivity contribution in [3.05, 3.63) is 46.5 Å². The van der Waals surface area contributed by atoms with Gasteiger partial charge in [-0.1, -0.05) is 56.2 Å². The summed E-state index contributed by atoms with van der Waals surface area (Å²) in [5.41, 5.74) is -0.990. The summed E-state index contributed by atoms with van der Waals surface area (Å²) in [4.78, 5) is 68.8. The number of Topliss-reactive ketones (excluding diaryl/α,β-unsaturated/α-hetero) is 1. The monoisotopic (exact) mass is 1050 g/mol. The molecule has 2 saturated heterocycles. The van der Waals surface area contributed by atoms with Gasteiger partial charge in [-0.25, -0.2) is 9.59 Å². The predicted octanol–water partition coefficient (Wildman–Crippen LogP) is 6.63. The molecule has 2 N–H and O–H groups in total. The van der Waals surface area contributed by atoms with E-state index in [1.165, 1.54) is 30.9 Å². The third-order valence-corrected chi connectivity index (χ3v) is 15.2. The number of rotatable bonds is 26. The Bertz CT molecular complexity index is 2040. The molecule has 0 radical (unpaired) electrons. The summed E-state index contributed by atoms with van der Waals surface area (Å²) < 4.78 is 51.4. The first-order valence-corrected chi connectivity index (χ1v) is 26.2. The van der Waals surface area contributed by atoms with Gasteiger partial charge in [-0.05, 0) is 76.8 Å². The highest BCUT2D eigenvalue weighted by Gasteiger charge is 2.64. The third-order valence-electron chi connectivity index (χ3n) is 13.4. The van der Waals surface area contributed by atoms with Crippen molar-refractivity contribution in [2.75, 3.05) is 91.8 Å². The first kappa shape index (κ1) is 60.8. The standard InChI is InChI=1S/C52H80ClN3O15S/c1-34-15-14-16-42(64-11)52(62)33-41(69-49(61)54-52)36(3)47-51(7,71-47)43(32-45(59)56(9)39-30-38(29-34)31-40(63-10)46(39)53)70-48(60)37(4)55(8)44(58)17-19-50(5,6)72-28-13-12-20-65-22-24-67-26-27-68-25-23-66-21-18-35(2)57/h14-16,30-31,36-37,41-43,47,62H,12-13,17-29,32-33H2,1-11H3,(H,54,61)/t36-,37+,41+,42-,43+,47+,51+,52+/m1/s1. The quantitative estimate of drug-likeness (QED) is 0.0567. The zero-order chi connectivity index (χ0) is 53.2. The number of nitrogens with zero attached hydrogens (tertiary/aromatic N) is 2. The van der Waals surface area contributed by atoms with Crippen LogP contribution in [0.5, 0.6) is 5.75 Å². The average Bonchev–Trinajstić information content (AvgIpc) is 4.03. The summed E-state index contributed by atoms with van der Waals surface area (Å²) in [5.74, 6) is -0.603. The van der Waals surface area contributed by atoms with Crippen LogP contribution in [0.15, 0.2) is 35.9 Å². The van der Waals surface area contributed by atoms with Crippen molar-refractivity contribution in [2.24, 2.45) is 5.92 Å². The van der Waals surface area contributed by atoms with Crippen molar-refractivity contribution in [3.8, 4) is 5.75 Å². The number of halogens is 1. The summed E-state index contributed by atoms with van der Waals surface area (Å²) in [6.07, 6.45) is 3.82. The molecule has 3 heterocycles. The van der Waals surface area contributed by atoms with Crippen molar-refractivity contribution in [1.29, 1.82) is 0 Å². The van der Waals surface area contributed by atoms with Crippen LogP contribution in [0.2, 0.25) is 5.02 Å². The molecule has 0 spiro atoms. The fourth-order valence-electron chi connectivity index (χ4n) is 8.51. The molecule has 8 atom stereocenters. The molecule has 72 heavy (non-hydrogen) atoms. The maximum absolute atomic E-state index is 14.4. The highest BCUT2D eigenvalue weighted by atomic mass is 35.5. The second kappa shape index (κ2) is 28.8.